The first-order chi connectivity index (χ1) is 18.0. The number of nitrogens with one attached hydrogen (secondary N) is 2. The number of hydrogen-bond acceptors (Lipinski definition) is 9. The number of benzene rings is 1. The van der Waals surface area contributed by atoms with Crippen molar-refractivity contribution in [3.05, 3.63) is 83.7 Å². The van der Waals surface area contributed by atoms with E-state index in [0.717, 1.165) is 45.8 Å². The second-order valence-corrected chi connectivity index (χ2v) is 8.31. The minimum atomic E-state index is -1.10. The molecule has 3 N–H and O–H groups in total. The van der Waals surface area contributed by atoms with Crippen LogP contribution in [0.4, 0.5) is 23.1 Å². The summed E-state index contributed by atoms with van der Waals surface area (Å²) in [5, 5.41) is 14.5. The predicted molar refractivity (Wildman–Crippen MR) is 153 cm³/mol. The van der Waals surface area contributed by atoms with Crippen molar-refractivity contribution in [1.82, 2.24) is 15.0 Å². The molecule has 0 unspecified atom stereocenters. The number of rotatable bonds is 10. The monoisotopic (exact) mass is 533 g/mol. The Morgan fingerprint density at radius 1 is 1.00 bits per heavy atom. The molecule has 0 saturated carbocycles. The summed E-state index contributed by atoms with van der Waals surface area (Å²) in [6.07, 6.45) is 6.90. The summed E-state index contributed by atoms with van der Waals surface area (Å²) in [6, 6.07) is 7.73. The van der Waals surface area contributed by atoms with Crippen molar-refractivity contribution in [2.75, 3.05) is 17.7 Å². The van der Waals surface area contributed by atoms with Crippen LogP contribution in [0.5, 0.6) is 5.88 Å². The van der Waals surface area contributed by atoms with Crippen LogP contribution in [-0.4, -0.2) is 44.7 Å². The fraction of sp³-hybridized carbons (Fsp3) is 0.241. The van der Waals surface area contributed by atoms with Gasteiger partial charge in [0, 0.05) is 42.2 Å². The van der Waals surface area contributed by atoms with Crippen LogP contribution in [-0.2, 0) is 20.8 Å². The normalized spacial score (nSPS) is 9.97. The van der Waals surface area contributed by atoms with Crippen molar-refractivity contribution in [1.29, 1.82) is 0 Å². The third-order valence-electron chi connectivity index (χ3n) is 5.07. The molecule has 0 saturated heterocycles. The standard InChI is InChI=1S/C23H25N5O2.C5H6O3.CH4/c1-6-18(29)10-17-9-14(2)7-8-19(17)26-22-16(4)13-25-23(28-22)27-20-11-21(30-5)24-12-15(20)3;1-4(6)2-3-5(7)8;/h6-9,11-13H,1,10H2,2-5H3,(H2,24,25,26,27,28);2-3H,1H3,(H,7,8);1H4/b;3-2-;. The number of carboxylic acid groups (broad SMARTS) is 1. The van der Waals surface area contributed by atoms with Gasteiger partial charge in [-0.15, -0.1) is 0 Å². The molecule has 2 heterocycles. The summed E-state index contributed by atoms with van der Waals surface area (Å²) < 4.78 is 5.19. The topological polar surface area (TPSA) is 143 Å². The Labute approximate surface area is 228 Å². The number of allylic oxidation sites excluding steroid dienone is 2. The lowest BCUT2D eigenvalue weighted by molar-refractivity contribution is -0.131. The third kappa shape index (κ3) is 10.6. The largest absolute Gasteiger partial charge is 0.481 e. The van der Waals surface area contributed by atoms with E-state index in [1.54, 1.807) is 25.6 Å². The molecule has 39 heavy (non-hydrogen) atoms. The Bertz CT molecular complexity index is 1350. The number of nitrogens with zero attached hydrogens (tertiary/aromatic N) is 3. The van der Waals surface area contributed by atoms with Crippen LogP contribution in [0.1, 0.15) is 36.6 Å². The van der Waals surface area contributed by atoms with E-state index in [4.69, 9.17) is 9.84 Å². The summed E-state index contributed by atoms with van der Waals surface area (Å²) in [6.45, 7) is 10.7. The van der Waals surface area contributed by atoms with Gasteiger partial charge in [0.2, 0.25) is 11.8 Å². The van der Waals surface area contributed by atoms with Gasteiger partial charge in [-0.05, 0) is 57.0 Å². The number of pyridine rings is 1. The van der Waals surface area contributed by atoms with Crippen molar-refractivity contribution >= 4 is 40.7 Å². The van der Waals surface area contributed by atoms with Gasteiger partial charge in [-0.25, -0.2) is 14.8 Å². The molecule has 0 atom stereocenters. The number of ketones is 2. The van der Waals surface area contributed by atoms with E-state index in [0.29, 0.717) is 17.6 Å². The van der Waals surface area contributed by atoms with Gasteiger partial charge in [-0.3, -0.25) is 9.59 Å². The molecule has 0 spiro atoms. The van der Waals surface area contributed by atoms with Gasteiger partial charge >= 0.3 is 5.97 Å². The molecule has 0 aliphatic carbocycles. The maximum atomic E-state index is 11.9. The number of aromatic nitrogens is 3. The lowest BCUT2D eigenvalue weighted by Crippen LogP contribution is -2.07. The number of aryl methyl sites for hydroxylation is 3. The second-order valence-electron chi connectivity index (χ2n) is 8.31. The van der Waals surface area contributed by atoms with E-state index in [9.17, 15) is 14.4 Å². The SMILES string of the molecule is C.C=CC(=O)Cc1cc(C)ccc1Nc1nc(Nc2cc(OC)ncc2C)ncc1C.CC(=O)/C=C\C(=O)O. The molecule has 1 aromatic carbocycles. The molecule has 0 amide bonds. The van der Waals surface area contributed by atoms with E-state index in [1.807, 2.05) is 39.0 Å². The molecule has 2 aromatic heterocycles. The fourth-order valence-corrected chi connectivity index (χ4v) is 3.07. The highest BCUT2D eigenvalue weighted by Crippen LogP contribution is 2.26. The van der Waals surface area contributed by atoms with Gasteiger partial charge < -0.3 is 20.5 Å². The smallest absolute Gasteiger partial charge is 0.328 e. The zero-order valence-electron chi connectivity index (χ0n) is 22.0. The number of carbonyl (C=O) groups is 3. The molecular formula is C29H35N5O5. The summed E-state index contributed by atoms with van der Waals surface area (Å²) >= 11 is 0. The molecule has 3 aromatic rings. The highest BCUT2D eigenvalue weighted by Gasteiger charge is 2.11. The molecule has 10 heteroatoms. The minimum Gasteiger partial charge on any atom is -0.481 e. The van der Waals surface area contributed by atoms with Crippen LogP contribution in [0.15, 0.2) is 61.5 Å². The Morgan fingerprint density at radius 3 is 2.28 bits per heavy atom. The highest BCUT2D eigenvalue weighted by atomic mass is 16.5. The molecule has 0 aliphatic rings. The minimum absolute atomic E-state index is 0. The Kier molecular flexibility index (Phi) is 12.7. The van der Waals surface area contributed by atoms with Gasteiger partial charge in [0.05, 0.1) is 12.8 Å². The first-order valence-corrected chi connectivity index (χ1v) is 11.6. The first kappa shape index (κ1) is 32.2. The zero-order valence-corrected chi connectivity index (χ0v) is 22.0. The number of carbonyl (C=O) groups excluding carboxylic acids is 2. The average Bonchev–Trinajstić information content (AvgIpc) is 2.87. The second kappa shape index (κ2) is 15.4. The van der Waals surface area contributed by atoms with Gasteiger partial charge in [-0.1, -0.05) is 31.7 Å². The van der Waals surface area contributed by atoms with Crippen molar-refractivity contribution < 1.29 is 24.2 Å². The molecule has 3 rings (SSSR count). The maximum absolute atomic E-state index is 11.9. The van der Waals surface area contributed by atoms with E-state index in [2.05, 4.69) is 32.2 Å². The predicted octanol–water partition coefficient (Wildman–Crippen LogP) is 5.44. The number of carboxylic acids is 1. The van der Waals surface area contributed by atoms with Crippen molar-refractivity contribution in [2.45, 2.75) is 41.5 Å². The van der Waals surface area contributed by atoms with Crippen LogP contribution >= 0.6 is 0 Å². The van der Waals surface area contributed by atoms with E-state index in [-0.39, 0.29) is 25.4 Å². The van der Waals surface area contributed by atoms with Crippen LogP contribution in [0.3, 0.4) is 0 Å². The van der Waals surface area contributed by atoms with E-state index < -0.39 is 5.97 Å². The Morgan fingerprint density at radius 2 is 1.69 bits per heavy atom. The van der Waals surface area contributed by atoms with Gasteiger partial charge in [0.15, 0.2) is 11.6 Å². The molecule has 206 valence electrons. The van der Waals surface area contributed by atoms with E-state index >= 15 is 0 Å². The number of hydrogen-bond donors (Lipinski definition) is 3. The van der Waals surface area contributed by atoms with Crippen molar-refractivity contribution in [2.24, 2.45) is 0 Å². The molecule has 0 fully saturated rings. The summed E-state index contributed by atoms with van der Waals surface area (Å²) in [5.41, 5.74) is 5.43. The molecule has 0 radical (unpaired) electrons. The molecule has 0 aliphatic heterocycles. The number of aliphatic carboxylic acids is 1. The quantitative estimate of drug-likeness (QED) is 0.288. The number of ether oxygens (including phenoxy) is 1. The van der Waals surface area contributed by atoms with E-state index in [1.165, 1.54) is 13.0 Å². The summed E-state index contributed by atoms with van der Waals surface area (Å²) in [5.74, 6) is 0.211. The Balaban J connectivity index is 0.000000737. The van der Waals surface area contributed by atoms with Crippen LogP contribution in [0.2, 0.25) is 0 Å². The lowest BCUT2D eigenvalue weighted by atomic mass is 10.0. The van der Waals surface area contributed by atoms with Gasteiger partial charge in [-0.2, -0.15) is 4.98 Å². The van der Waals surface area contributed by atoms with Crippen LogP contribution in [0.25, 0.3) is 0 Å². The number of methoxy groups -OCH3 is 1. The highest BCUT2D eigenvalue weighted by molar-refractivity contribution is 5.93. The van der Waals surface area contributed by atoms with Crippen LogP contribution in [0, 0.1) is 20.8 Å². The first-order valence-electron chi connectivity index (χ1n) is 11.6. The zero-order chi connectivity index (χ0) is 28.2. The third-order valence-corrected chi connectivity index (χ3v) is 5.07. The Hall–Kier alpha value is -4.86. The molecule has 10 nitrogen and oxygen atoms in total. The maximum Gasteiger partial charge on any atom is 0.328 e. The van der Waals surface area contributed by atoms with Crippen molar-refractivity contribution in [3.8, 4) is 5.88 Å². The fourth-order valence-electron chi connectivity index (χ4n) is 3.07. The van der Waals surface area contributed by atoms with Gasteiger partial charge in [0.1, 0.15) is 5.82 Å². The number of anilines is 4. The molecule has 0 bridgehead atoms. The molecular weight excluding hydrogens is 498 g/mol. The summed E-state index contributed by atoms with van der Waals surface area (Å²) in [7, 11) is 1.57. The summed E-state index contributed by atoms with van der Waals surface area (Å²) in [4.78, 5) is 44.8. The van der Waals surface area contributed by atoms with Crippen molar-refractivity contribution in [3.63, 3.8) is 0 Å². The van der Waals surface area contributed by atoms with Gasteiger partial charge in [0.25, 0.3) is 0 Å². The average molecular weight is 534 g/mol. The van der Waals surface area contributed by atoms with Crippen LogP contribution < -0.4 is 15.4 Å². The lowest BCUT2D eigenvalue weighted by Gasteiger charge is -2.15.